The molecule has 20 heavy (non-hydrogen) atoms. The summed E-state index contributed by atoms with van der Waals surface area (Å²) in [6, 6.07) is 10.4. The van der Waals surface area contributed by atoms with Crippen LogP contribution in [0.1, 0.15) is 35.2 Å². The summed E-state index contributed by atoms with van der Waals surface area (Å²) >= 11 is 3.38. The molecule has 0 aliphatic heterocycles. The number of benzene rings is 1. The van der Waals surface area contributed by atoms with Gasteiger partial charge in [-0.3, -0.25) is 0 Å². The lowest BCUT2D eigenvalue weighted by molar-refractivity contribution is 0.0442. The first-order chi connectivity index (χ1) is 9.51. The van der Waals surface area contributed by atoms with Gasteiger partial charge in [0.25, 0.3) is 0 Å². The summed E-state index contributed by atoms with van der Waals surface area (Å²) in [5.41, 5.74) is -0.587. The minimum atomic E-state index is -1.28. The highest BCUT2D eigenvalue weighted by molar-refractivity contribution is 9.10. The summed E-state index contributed by atoms with van der Waals surface area (Å²) < 4.78 is 10.9. The van der Waals surface area contributed by atoms with E-state index < -0.39 is 11.6 Å². The number of carbonyl (C=O) groups is 1. The Labute approximate surface area is 125 Å². The van der Waals surface area contributed by atoms with Crippen LogP contribution in [0, 0.1) is 0 Å². The first kappa shape index (κ1) is 14.8. The first-order valence-corrected chi connectivity index (χ1v) is 6.97. The third kappa shape index (κ3) is 2.64. The van der Waals surface area contributed by atoms with Crippen molar-refractivity contribution >= 4 is 21.9 Å². The van der Waals surface area contributed by atoms with E-state index in [1.54, 1.807) is 6.07 Å². The van der Waals surface area contributed by atoms with E-state index in [-0.39, 0.29) is 5.76 Å². The van der Waals surface area contributed by atoms with Gasteiger partial charge in [0.2, 0.25) is 5.76 Å². The van der Waals surface area contributed by atoms with Gasteiger partial charge in [0.05, 0.1) is 7.11 Å². The quantitative estimate of drug-likeness (QED) is 0.867. The van der Waals surface area contributed by atoms with Crippen LogP contribution in [0.5, 0.6) is 0 Å². The van der Waals surface area contributed by atoms with E-state index in [0.29, 0.717) is 17.7 Å². The summed E-state index contributed by atoms with van der Waals surface area (Å²) in [5.74, 6) is -0.174. The number of methoxy groups -OCH3 is 1. The molecule has 0 fully saturated rings. The van der Waals surface area contributed by atoms with Crippen molar-refractivity contribution in [3.05, 3.63) is 58.0 Å². The Morgan fingerprint density at radius 2 is 2.15 bits per heavy atom. The molecule has 106 valence electrons. The molecule has 4 nitrogen and oxygen atoms in total. The largest absolute Gasteiger partial charge is 0.463 e. The van der Waals surface area contributed by atoms with Crippen molar-refractivity contribution in [3.8, 4) is 0 Å². The van der Waals surface area contributed by atoms with Crippen LogP contribution in [0.25, 0.3) is 0 Å². The molecule has 1 unspecified atom stereocenters. The van der Waals surface area contributed by atoms with Crippen LogP contribution in [0.3, 0.4) is 0 Å². The molecule has 1 N–H and O–H groups in total. The highest BCUT2D eigenvalue weighted by atomic mass is 79.9. The zero-order valence-electron chi connectivity index (χ0n) is 11.2. The Balaban J connectivity index is 2.45. The van der Waals surface area contributed by atoms with E-state index in [4.69, 9.17) is 4.42 Å². The molecule has 1 heterocycles. The lowest BCUT2D eigenvalue weighted by atomic mass is 9.89. The zero-order chi connectivity index (χ0) is 14.8. The summed E-state index contributed by atoms with van der Waals surface area (Å²) in [6.45, 7) is 1.85. The number of ether oxygens (including phenoxy) is 1. The molecular weight excluding hydrogens is 324 g/mol. The number of esters is 1. The van der Waals surface area contributed by atoms with E-state index >= 15 is 0 Å². The lowest BCUT2D eigenvalue weighted by Crippen LogP contribution is -2.25. The molecule has 0 bridgehead atoms. The number of halogens is 1. The third-order valence-electron chi connectivity index (χ3n) is 3.21. The van der Waals surface area contributed by atoms with Crippen molar-refractivity contribution in [3.63, 3.8) is 0 Å². The fourth-order valence-corrected chi connectivity index (χ4v) is 2.44. The van der Waals surface area contributed by atoms with Gasteiger partial charge in [-0.1, -0.05) is 35.0 Å². The molecule has 0 saturated carbocycles. The molecule has 2 aromatic rings. The Hall–Kier alpha value is -1.59. The van der Waals surface area contributed by atoms with Crippen molar-refractivity contribution < 1.29 is 19.1 Å². The molecule has 5 heteroatoms. The average molecular weight is 339 g/mol. The molecule has 0 aliphatic rings. The van der Waals surface area contributed by atoms with Crippen LogP contribution >= 0.6 is 15.9 Å². The van der Waals surface area contributed by atoms with E-state index in [1.165, 1.54) is 13.2 Å². The highest BCUT2D eigenvalue weighted by Gasteiger charge is 2.34. The summed E-state index contributed by atoms with van der Waals surface area (Å²) in [7, 11) is 1.28. The standard InChI is InChI=1S/C15H15BrO4/c1-3-15(18,10-5-4-6-11(16)9-10)13-8-7-12(20-13)14(17)19-2/h4-9,18H,3H2,1-2H3. The van der Waals surface area contributed by atoms with Crippen LogP contribution < -0.4 is 0 Å². The molecule has 2 rings (SSSR count). The number of hydrogen-bond donors (Lipinski definition) is 1. The molecule has 1 aromatic heterocycles. The van der Waals surface area contributed by atoms with Crippen molar-refractivity contribution in [2.75, 3.05) is 7.11 Å². The van der Waals surface area contributed by atoms with Gasteiger partial charge in [0, 0.05) is 4.47 Å². The molecule has 1 atom stereocenters. The van der Waals surface area contributed by atoms with Crippen LogP contribution in [-0.4, -0.2) is 18.2 Å². The number of aliphatic hydroxyl groups is 1. The van der Waals surface area contributed by atoms with Gasteiger partial charge in [0.1, 0.15) is 11.4 Å². The van der Waals surface area contributed by atoms with Crippen LogP contribution in [-0.2, 0) is 10.3 Å². The number of furan rings is 1. The third-order valence-corrected chi connectivity index (χ3v) is 3.71. The van der Waals surface area contributed by atoms with Gasteiger partial charge in [-0.15, -0.1) is 0 Å². The van der Waals surface area contributed by atoms with Gasteiger partial charge < -0.3 is 14.3 Å². The Morgan fingerprint density at radius 1 is 1.40 bits per heavy atom. The normalized spacial score (nSPS) is 13.8. The van der Waals surface area contributed by atoms with E-state index in [0.717, 1.165) is 4.47 Å². The molecule has 0 spiro atoms. The fraction of sp³-hybridized carbons (Fsp3) is 0.267. The average Bonchev–Trinajstić information content (AvgIpc) is 2.96. The smallest absolute Gasteiger partial charge is 0.373 e. The van der Waals surface area contributed by atoms with Crippen molar-refractivity contribution in [2.45, 2.75) is 18.9 Å². The predicted molar refractivity (Wildman–Crippen MR) is 77.5 cm³/mol. The monoisotopic (exact) mass is 338 g/mol. The maximum absolute atomic E-state index is 11.4. The second kappa shape index (κ2) is 5.81. The highest BCUT2D eigenvalue weighted by Crippen LogP contribution is 2.35. The maximum Gasteiger partial charge on any atom is 0.373 e. The van der Waals surface area contributed by atoms with E-state index in [9.17, 15) is 9.90 Å². The minimum Gasteiger partial charge on any atom is -0.463 e. The number of hydrogen-bond acceptors (Lipinski definition) is 4. The second-order valence-electron chi connectivity index (χ2n) is 4.38. The van der Waals surface area contributed by atoms with Crippen LogP contribution in [0.15, 0.2) is 45.3 Å². The minimum absolute atomic E-state index is 0.0735. The Kier molecular flexibility index (Phi) is 4.30. The molecule has 0 aliphatic carbocycles. The van der Waals surface area contributed by atoms with Gasteiger partial charge in [-0.2, -0.15) is 0 Å². The van der Waals surface area contributed by atoms with Gasteiger partial charge in [0.15, 0.2) is 0 Å². The summed E-state index contributed by atoms with van der Waals surface area (Å²) in [5, 5.41) is 10.9. The van der Waals surface area contributed by atoms with Crippen molar-refractivity contribution in [2.24, 2.45) is 0 Å². The second-order valence-corrected chi connectivity index (χ2v) is 5.30. The number of carbonyl (C=O) groups excluding carboxylic acids is 1. The number of rotatable bonds is 4. The van der Waals surface area contributed by atoms with Crippen molar-refractivity contribution in [1.29, 1.82) is 0 Å². The Morgan fingerprint density at radius 3 is 2.75 bits per heavy atom. The van der Waals surface area contributed by atoms with Crippen LogP contribution in [0.2, 0.25) is 0 Å². The van der Waals surface area contributed by atoms with Crippen LogP contribution in [0.4, 0.5) is 0 Å². The van der Waals surface area contributed by atoms with E-state index in [1.807, 2.05) is 31.2 Å². The van der Waals surface area contributed by atoms with Gasteiger partial charge in [-0.25, -0.2) is 4.79 Å². The fourth-order valence-electron chi connectivity index (χ4n) is 2.04. The SMILES string of the molecule is CCC(O)(c1cccc(Br)c1)c1ccc(C(=O)OC)o1. The topological polar surface area (TPSA) is 59.7 Å². The molecule has 1 aromatic carbocycles. The molecule has 0 radical (unpaired) electrons. The lowest BCUT2D eigenvalue weighted by Gasteiger charge is -2.25. The molecular formula is C15H15BrO4. The molecule has 0 amide bonds. The van der Waals surface area contributed by atoms with E-state index in [2.05, 4.69) is 20.7 Å². The first-order valence-electron chi connectivity index (χ1n) is 6.18. The Bertz CT molecular complexity index is 620. The maximum atomic E-state index is 11.4. The van der Waals surface area contributed by atoms with Crippen molar-refractivity contribution in [1.82, 2.24) is 0 Å². The predicted octanol–water partition coefficient (Wildman–Crippen LogP) is 3.47. The van der Waals surface area contributed by atoms with Gasteiger partial charge in [-0.05, 0) is 36.2 Å². The molecule has 0 saturated heterocycles. The summed E-state index contributed by atoms with van der Waals surface area (Å²) in [4.78, 5) is 11.4. The van der Waals surface area contributed by atoms with Gasteiger partial charge >= 0.3 is 5.97 Å². The zero-order valence-corrected chi connectivity index (χ0v) is 12.8. The summed E-state index contributed by atoms with van der Waals surface area (Å²) in [6.07, 6.45) is 0.414.